The summed E-state index contributed by atoms with van der Waals surface area (Å²) in [6.45, 7) is 7.75. The Labute approximate surface area is 125 Å². The molecule has 0 saturated carbocycles. The molecule has 2 heterocycles. The summed E-state index contributed by atoms with van der Waals surface area (Å²) in [4.78, 5) is 11.9. The van der Waals surface area contributed by atoms with Crippen LogP contribution in [0.3, 0.4) is 0 Å². The zero-order valence-corrected chi connectivity index (χ0v) is 13.3. The van der Waals surface area contributed by atoms with Gasteiger partial charge in [0.2, 0.25) is 0 Å². The summed E-state index contributed by atoms with van der Waals surface area (Å²) < 4.78 is 12.5. The molecule has 1 aromatic heterocycles. The summed E-state index contributed by atoms with van der Waals surface area (Å²) in [5.41, 5.74) is 1.31. The van der Waals surface area contributed by atoms with Crippen LogP contribution in [0, 0.1) is 0 Å². The van der Waals surface area contributed by atoms with Gasteiger partial charge >= 0.3 is 5.97 Å². The Morgan fingerprint density at radius 3 is 3.05 bits per heavy atom. The van der Waals surface area contributed by atoms with Crippen molar-refractivity contribution in [2.24, 2.45) is 7.05 Å². The molecule has 1 saturated heterocycles. The van der Waals surface area contributed by atoms with Crippen LogP contribution in [0.4, 0.5) is 0 Å². The number of aryl methyl sites for hydroxylation is 1. The molecule has 1 N–H and O–H groups in total. The van der Waals surface area contributed by atoms with E-state index in [9.17, 15) is 4.79 Å². The average Bonchev–Trinajstić information content (AvgIpc) is 2.77. The molecule has 0 aliphatic carbocycles. The van der Waals surface area contributed by atoms with Gasteiger partial charge in [-0.2, -0.15) is 5.10 Å². The van der Waals surface area contributed by atoms with E-state index in [0.717, 1.165) is 25.1 Å². The van der Waals surface area contributed by atoms with Crippen LogP contribution in [-0.2, 0) is 23.1 Å². The molecular weight excluding hydrogens is 270 g/mol. The number of hydrogen-bond acceptors (Lipinski definition) is 5. The highest BCUT2D eigenvalue weighted by Crippen LogP contribution is 2.24. The van der Waals surface area contributed by atoms with Crippen LogP contribution in [0.5, 0.6) is 0 Å². The summed E-state index contributed by atoms with van der Waals surface area (Å²) in [5.74, 6) is -0.310. The number of esters is 1. The standard InChI is InChI=1S/C15H25N3O3/c1-5-20-14(19)12-9-17-18(4)13(12)10-16-11-6-7-21-15(2,3)8-11/h9,11,16H,5-8,10H2,1-4H3. The largest absolute Gasteiger partial charge is 0.462 e. The quantitative estimate of drug-likeness (QED) is 0.837. The second kappa shape index (κ2) is 6.58. The maximum atomic E-state index is 11.9. The molecule has 6 nitrogen and oxygen atoms in total. The number of carbonyl (C=O) groups excluding carboxylic acids is 1. The topological polar surface area (TPSA) is 65.4 Å². The Morgan fingerprint density at radius 2 is 2.38 bits per heavy atom. The molecule has 0 spiro atoms. The molecule has 0 aromatic carbocycles. The highest BCUT2D eigenvalue weighted by Gasteiger charge is 2.29. The molecule has 0 radical (unpaired) electrons. The number of carbonyl (C=O) groups is 1. The summed E-state index contributed by atoms with van der Waals surface area (Å²) in [5, 5.41) is 7.67. The van der Waals surface area contributed by atoms with Crippen molar-refractivity contribution in [2.75, 3.05) is 13.2 Å². The van der Waals surface area contributed by atoms with E-state index in [4.69, 9.17) is 9.47 Å². The molecule has 1 aliphatic rings. The third-order valence-electron chi connectivity index (χ3n) is 3.81. The van der Waals surface area contributed by atoms with Gasteiger partial charge < -0.3 is 14.8 Å². The Balaban J connectivity index is 2.00. The fraction of sp³-hybridized carbons (Fsp3) is 0.733. The zero-order valence-electron chi connectivity index (χ0n) is 13.3. The van der Waals surface area contributed by atoms with Crippen molar-refractivity contribution in [3.8, 4) is 0 Å². The highest BCUT2D eigenvalue weighted by molar-refractivity contribution is 5.90. The van der Waals surface area contributed by atoms with Crippen LogP contribution in [0.2, 0.25) is 0 Å². The van der Waals surface area contributed by atoms with Crippen molar-refractivity contribution >= 4 is 5.97 Å². The van der Waals surface area contributed by atoms with Gasteiger partial charge in [0.05, 0.1) is 24.1 Å². The number of ether oxygens (including phenoxy) is 2. The second-order valence-corrected chi connectivity index (χ2v) is 6.03. The van der Waals surface area contributed by atoms with E-state index < -0.39 is 0 Å². The highest BCUT2D eigenvalue weighted by atomic mass is 16.5. The zero-order chi connectivity index (χ0) is 15.5. The molecule has 1 fully saturated rings. The first kappa shape index (κ1) is 16.0. The van der Waals surface area contributed by atoms with Crippen molar-refractivity contribution in [1.29, 1.82) is 0 Å². The van der Waals surface area contributed by atoms with Crippen molar-refractivity contribution in [3.63, 3.8) is 0 Å². The minimum absolute atomic E-state index is 0.0909. The predicted molar refractivity (Wildman–Crippen MR) is 79.1 cm³/mol. The second-order valence-electron chi connectivity index (χ2n) is 6.03. The van der Waals surface area contributed by atoms with E-state index in [1.165, 1.54) is 0 Å². The van der Waals surface area contributed by atoms with E-state index >= 15 is 0 Å². The molecule has 6 heteroatoms. The van der Waals surface area contributed by atoms with Crippen LogP contribution in [0.15, 0.2) is 6.20 Å². The first-order valence-electron chi connectivity index (χ1n) is 7.48. The maximum Gasteiger partial charge on any atom is 0.341 e. The molecule has 1 atom stereocenters. The minimum atomic E-state index is -0.310. The van der Waals surface area contributed by atoms with Crippen LogP contribution in [0.25, 0.3) is 0 Å². The van der Waals surface area contributed by atoms with Gasteiger partial charge in [-0.1, -0.05) is 0 Å². The first-order valence-corrected chi connectivity index (χ1v) is 7.48. The number of nitrogens with zero attached hydrogens (tertiary/aromatic N) is 2. The Bertz CT molecular complexity index is 496. The van der Waals surface area contributed by atoms with Crippen LogP contribution < -0.4 is 5.32 Å². The molecule has 2 rings (SSSR count). The fourth-order valence-electron chi connectivity index (χ4n) is 2.70. The summed E-state index contributed by atoms with van der Waals surface area (Å²) in [6, 6.07) is 0.388. The van der Waals surface area contributed by atoms with Crippen molar-refractivity contribution < 1.29 is 14.3 Å². The maximum absolute atomic E-state index is 11.9. The third kappa shape index (κ3) is 4.04. The van der Waals surface area contributed by atoms with E-state index in [0.29, 0.717) is 24.8 Å². The molecule has 118 valence electrons. The Morgan fingerprint density at radius 1 is 1.62 bits per heavy atom. The molecule has 0 bridgehead atoms. The number of aromatic nitrogens is 2. The van der Waals surface area contributed by atoms with Crippen LogP contribution >= 0.6 is 0 Å². The smallest absolute Gasteiger partial charge is 0.341 e. The van der Waals surface area contributed by atoms with Gasteiger partial charge in [0.1, 0.15) is 5.56 Å². The average molecular weight is 295 g/mol. The molecular formula is C15H25N3O3. The molecule has 21 heavy (non-hydrogen) atoms. The van der Waals surface area contributed by atoms with Gasteiger partial charge in [0, 0.05) is 26.2 Å². The predicted octanol–water partition coefficient (Wildman–Crippen LogP) is 1.64. The lowest BCUT2D eigenvalue weighted by molar-refractivity contribution is -0.0631. The van der Waals surface area contributed by atoms with E-state index in [-0.39, 0.29) is 11.6 Å². The van der Waals surface area contributed by atoms with Gasteiger partial charge in [-0.25, -0.2) is 4.79 Å². The lowest BCUT2D eigenvalue weighted by Gasteiger charge is -2.36. The molecule has 1 aromatic rings. The van der Waals surface area contributed by atoms with Gasteiger partial charge in [-0.3, -0.25) is 4.68 Å². The van der Waals surface area contributed by atoms with Gasteiger partial charge in [-0.05, 0) is 33.6 Å². The monoisotopic (exact) mass is 295 g/mol. The van der Waals surface area contributed by atoms with Gasteiger partial charge in [0.15, 0.2) is 0 Å². The fourth-order valence-corrected chi connectivity index (χ4v) is 2.70. The molecule has 0 amide bonds. The SMILES string of the molecule is CCOC(=O)c1cnn(C)c1CNC1CCOC(C)(C)C1. The summed E-state index contributed by atoms with van der Waals surface area (Å²) >= 11 is 0. The lowest BCUT2D eigenvalue weighted by atomic mass is 9.94. The molecule has 1 unspecified atom stereocenters. The summed E-state index contributed by atoms with van der Waals surface area (Å²) in [6.07, 6.45) is 3.51. The third-order valence-corrected chi connectivity index (χ3v) is 3.81. The van der Waals surface area contributed by atoms with E-state index in [2.05, 4.69) is 24.3 Å². The normalized spacial score (nSPS) is 21.2. The van der Waals surface area contributed by atoms with Crippen molar-refractivity contribution in [3.05, 3.63) is 17.5 Å². The Hall–Kier alpha value is -1.40. The number of hydrogen-bond donors (Lipinski definition) is 1. The number of nitrogens with one attached hydrogen (secondary N) is 1. The van der Waals surface area contributed by atoms with Crippen LogP contribution in [0.1, 0.15) is 49.7 Å². The lowest BCUT2D eigenvalue weighted by Crippen LogP contribution is -2.43. The van der Waals surface area contributed by atoms with Crippen LogP contribution in [-0.4, -0.2) is 40.6 Å². The van der Waals surface area contributed by atoms with Gasteiger partial charge in [0.25, 0.3) is 0 Å². The van der Waals surface area contributed by atoms with Gasteiger partial charge in [-0.15, -0.1) is 0 Å². The van der Waals surface area contributed by atoms with E-state index in [1.807, 2.05) is 7.05 Å². The first-order chi connectivity index (χ1) is 9.93. The Kier molecular flexibility index (Phi) is 5.00. The van der Waals surface area contributed by atoms with E-state index in [1.54, 1.807) is 17.8 Å². The van der Waals surface area contributed by atoms with Crippen molar-refractivity contribution in [1.82, 2.24) is 15.1 Å². The summed E-state index contributed by atoms with van der Waals surface area (Å²) in [7, 11) is 1.84. The number of rotatable bonds is 5. The minimum Gasteiger partial charge on any atom is -0.462 e. The molecule has 1 aliphatic heterocycles. The van der Waals surface area contributed by atoms with Crippen molar-refractivity contribution in [2.45, 2.75) is 51.8 Å².